The molecule has 1 aliphatic heterocycles. The van der Waals surface area contributed by atoms with Gasteiger partial charge in [-0.25, -0.2) is 9.97 Å². The maximum atomic E-state index is 13.6. The van der Waals surface area contributed by atoms with E-state index in [9.17, 15) is 9.59 Å². The lowest BCUT2D eigenvalue weighted by atomic mass is 10.0. The van der Waals surface area contributed by atoms with Crippen molar-refractivity contribution in [3.05, 3.63) is 74.1 Å². The van der Waals surface area contributed by atoms with Crippen LogP contribution in [0.5, 0.6) is 0 Å². The van der Waals surface area contributed by atoms with Crippen LogP contribution in [-0.4, -0.2) is 44.9 Å². The van der Waals surface area contributed by atoms with Crippen molar-refractivity contribution in [2.45, 2.75) is 32.7 Å². The van der Waals surface area contributed by atoms with Crippen molar-refractivity contribution in [1.82, 2.24) is 24.4 Å². The average molecular weight is 580 g/mol. The highest BCUT2D eigenvalue weighted by atomic mass is 35.5. The van der Waals surface area contributed by atoms with Crippen LogP contribution >= 0.6 is 23.5 Å². The van der Waals surface area contributed by atoms with Crippen molar-refractivity contribution in [3.8, 4) is 0 Å². The second-order valence-electron chi connectivity index (χ2n) is 10.7. The minimum atomic E-state index is -0.347. The van der Waals surface area contributed by atoms with Gasteiger partial charge in [0.1, 0.15) is 10.9 Å². The maximum absolute atomic E-state index is 13.6. The van der Waals surface area contributed by atoms with Crippen LogP contribution in [0.25, 0.3) is 10.9 Å². The van der Waals surface area contributed by atoms with Gasteiger partial charge < -0.3 is 14.7 Å². The monoisotopic (exact) mass is 579 g/mol. The Bertz CT molecular complexity index is 1690. The lowest BCUT2D eigenvalue weighted by Gasteiger charge is -2.25. The van der Waals surface area contributed by atoms with Crippen molar-refractivity contribution < 1.29 is 9.32 Å². The molecule has 4 heterocycles. The van der Waals surface area contributed by atoms with Crippen LogP contribution in [0.4, 0.5) is 11.6 Å². The van der Waals surface area contributed by atoms with Gasteiger partial charge in [-0.15, -0.1) is 0 Å². The predicted octanol–water partition coefficient (Wildman–Crippen LogP) is 4.62. The normalized spacial score (nSPS) is 20.4. The average Bonchev–Trinajstić information content (AvgIpc) is 3.21. The van der Waals surface area contributed by atoms with E-state index < -0.39 is 0 Å². The van der Waals surface area contributed by atoms with Gasteiger partial charge >= 0.3 is 0 Å². The summed E-state index contributed by atoms with van der Waals surface area (Å²) >= 11 is 7.29. The number of amides is 1. The lowest BCUT2D eigenvalue weighted by molar-refractivity contribution is 0.0980. The molecule has 1 amide bonds. The van der Waals surface area contributed by atoms with E-state index in [1.54, 1.807) is 30.0 Å². The van der Waals surface area contributed by atoms with Gasteiger partial charge in [0.2, 0.25) is 5.95 Å². The Labute approximate surface area is 240 Å². The van der Waals surface area contributed by atoms with Gasteiger partial charge in [-0.1, -0.05) is 34.8 Å². The minimum absolute atomic E-state index is 0.0883. The van der Waals surface area contributed by atoms with E-state index in [4.69, 9.17) is 21.1 Å². The molecule has 1 aromatic carbocycles. The van der Waals surface area contributed by atoms with Crippen LogP contribution in [0.3, 0.4) is 0 Å². The summed E-state index contributed by atoms with van der Waals surface area (Å²) in [6.07, 6.45) is 1.76. The Balaban J connectivity index is 1.33. The zero-order valence-electron chi connectivity index (χ0n) is 22.9. The van der Waals surface area contributed by atoms with Crippen LogP contribution in [0.2, 0.25) is 5.15 Å². The standard InChI is InChI=1S/C28H30ClN7O3S/c1-13-8-16(15(3)30-20-6-7-22(29)31-25(20)26(37)34-40-5)24-17(9-13)27(38)35(4)28(32-24)36-11-18-19(12-36)23(18)21-10-14(2)39-33-21/h6-10,15,18-19,23,30H,11-12H2,1-5H3,(H,34,37). The molecule has 3 atom stereocenters. The first-order valence-electron chi connectivity index (χ1n) is 13.1. The number of rotatable bonds is 7. The maximum Gasteiger partial charge on any atom is 0.281 e. The van der Waals surface area contributed by atoms with Crippen molar-refractivity contribution in [3.63, 3.8) is 0 Å². The molecule has 208 valence electrons. The van der Waals surface area contributed by atoms with Crippen molar-refractivity contribution in [2.75, 3.05) is 29.6 Å². The number of piperidine rings is 1. The van der Waals surface area contributed by atoms with Crippen LogP contribution in [0.15, 0.2) is 39.6 Å². The summed E-state index contributed by atoms with van der Waals surface area (Å²) < 4.78 is 9.64. The number of pyridine rings is 1. The Kier molecular flexibility index (Phi) is 6.74. The number of hydrogen-bond acceptors (Lipinski definition) is 9. The summed E-state index contributed by atoms with van der Waals surface area (Å²) in [6.45, 7) is 7.48. The van der Waals surface area contributed by atoms with Crippen LogP contribution in [-0.2, 0) is 7.05 Å². The lowest BCUT2D eigenvalue weighted by Crippen LogP contribution is -2.32. The fourth-order valence-corrected chi connectivity index (χ4v) is 6.43. The number of nitrogens with zero attached hydrogens (tertiary/aromatic N) is 5. The largest absolute Gasteiger partial charge is 0.377 e. The highest BCUT2D eigenvalue weighted by molar-refractivity contribution is 7.97. The summed E-state index contributed by atoms with van der Waals surface area (Å²) in [5.41, 5.74) is 4.12. The van der Waals surface area contributed by atoms with E-state index >= 15 is 0 Å². The van der Waals surface area contributed by atoms with Crippen molar-refractivity contribution in [2.24, 2.45) is 18.9 Å². The number of fused-ring (bicyclic) bond motifs is 2. The third kappa shape index (κ3) is 4.60. The third-order valence-electron chi connectivity index (χ3n) is 7.90. The molecule has 40 heavy (non-hydrogen) atoms. The zero-order valence-corrected chi connectivity index (χ0v) is 24.4. The van der Waals surface area contributed by atoms with Crippen molar-refractivity contribution in [1.29, 1.82) is 0 Å². The van der Waals surface area contributed by atoms with Crippen molar-refractivity contribution >= 4 is 52.0 Å². The molecule has 6 rings (SSSR count). The smallest absolute Gasteiger partial charge is 0.281 e. The summed E-state index contributed by atoms with van der Waals surface area (Å²) in [4.78, 5) is 37.8. The van der Waals surface area contributed by atoms with E-state index in [0.29, 0.717) is 40.3 Å². The van der Waals surface area contributed by atoms with Crippen LogP contribution in [0.1, 0.15) is 52.0 Å². The quantitative estimate of drug-likeness (QED) is 0.239. The number of nitrogens with one attached hydrogen (secondary N) is 2. The first kappa shape index (κ1) is 26.6. The van der Waals surface area contributed by atoms with E-state index in [1.807, 2.05) is 39.0 Å². The molecular weight excluding hydrogens is 550 g/mol. The number of carbonyl (C=O) groups is 1. The Morgan fingerprint density at radius 2 is 1.93 bits per heavy atom. The van der Waals surface area contributed by atoms with Gasteiger partial charge in [-0.2, -0.15) is 0 Å². The van der Waals surface area contributed by atoms with Gasteiger partial charge in [-0.05, 0) is 56.4 Å². The molecular formula is C28H30ClN7O3S. The molecule has 2 aliphatic rings. The second-order valence-corrected chi connectivity index (χ2v) is 11.7. The number of aromatic nitrogens is 4. The molecule has 1 saturated carbocycles. The Hall–Kier alpha value is -3.57. The van der Waals surface area contributed by atoms with Gasteiger partial charge in [-0.3, -0.25) is 18.9 Å². The zero-order chi connectivity index (χ0) is 28.3. The number of benzene rings is 1. The summed E-state index contributed by atoms with van der Waals surface area (Å²) in [7, 11) is 1.78. The van der Waals surface area contributed by atoms with E-state index in [-0.39, 0.29) is 28.4 Å². The Morgan fingerprint density at radius 1 is 1.18 bits per heavy atom. The van der Waals surface area contributed by atoms with E-state index in [2.05, 4.69) is 25.1 Å². The topological polar surface area (TPSA) is 118 Å². The first-order chi connectivity index (χ1) is 19.2. The molecule has 0 spiro atoms. The molecule has 1 saturated heterocycles. The highest BCUT2D eigenvalue weighted by Gasteiger charge is 2.58. The molecule has 12 heteroatoms. The van der Waals surface area contributed by atoms with Crippen LogP contribution < -0.4 is 20.5 Å². The molecule has 2 fully saturated rings. The van der Waals surface area contributed by atoms with Gasteiger partial charge in [0.15, 0.2) is 5.69 Å². The first-order valence-corrected chi connectivity index (χ1v) is 14.7. The van der Waals surface area contributed by atoms with Crippen LogP contribution in [0, 0.1) is 25.7 Å². The summed E-state index contributed by atoms with van der Waals surface area (Å²) in [5, 5.41) is 8.42. The molecule has 1 aliphatic carbocycles. The molecule has 3 unspecified atom stereocenters. The minimum Gasteiger partial charge on any atom is -0.377 e. The second kappa shape index (κ2) is 10.1. The number of hydrogen-bond donors (Lipinski definition) is 2. The van der Waals surface area contributed by atoms with Gasteiger partial charge in [0, 0.05) is 43.9 Å². The third-order valence-corrected chi connectivity index (χ3v) is 8.50. The molecule has 3 aromatic heterocycles. The molecule has 4 aromatic rings. The predicted molar refractivity (Wildman–Crippen MR) is 157 cm³/mol. The van der Waals surface area contributed by atoms with Gasteiger partial charge in [0.05, 0.1) is 28.3 Å². The molecule has 2 N–H and O–H groups in total. The molecule has 10 nitrogen and oxygen atoms in total. The Morgan fingerprint density at radius 3 is 2.60 bits per heavy atom. The fourth-order valence-electron chi connectivity index (χ4n) is 6.00. The summed E-state index contributed by atoms with van der Waals surface area (Å²) in [5.74, 6) is 2.48. The molecule has 0 bridgehead atoms. The molecule has 0 radical (unpaired) electrons. The number of aryl methyl sites for hydroxylation is 2. The van der Waals surface area contributed by atoms with E-state index in [1.165, 1.54) is 11.9 Å². The SMILES string of the molecule is CSNC(=O)c1nc(Cl)ccc1NC(C)c1cc(C)cc2c(=O)n(C)c(N3CC4C(C3)C4c3cc(C)on3)nc12. The number of anilines is 2. The fraction of sp³-hybridized carbons (Fsp3) is 0.393. The van der Waals surface area contributed by atoms with Gasteiger partial charge in [0.25, 0.3) is 11.5 Å². The summed E-state index contributed by atoms with van der Waals surface area (Å²) in [6, 6.07) is 9.03. The highest BCUT2D eigenvalue weighted by Crippen LogP contribution is 2.58. The van der Waals surface area contributed by atoms with E-state index in [0.717, 1.165) is 35.7 Å². The number of halogens is 1. The number of carbonyl (C=O) groups excluding carboxylic acids is 1.